The van der Waals surface area contributed by atoms with Crippen molar-refractivity contribution in [3.63, 3.8) is 0 Å². The Bertz CT molecular complexity index is 794. The van der Waals surface area contributed by atoms with Gasteiger partial charge in [-0.1, -0.05) is 73.0 Å². The Morgan fingerprint density at radius 3 is 2.32 bits per heavy atom. The van der Waals surface area contributed by atoms with Crippen molar-refractivity contribution in [2.45, 2.75) is 37.0 Å². The van der Waals surface area contributed by atoms with Crippen LogP contribution in [0.2, 0.25) is 5.02 Å². The molecule has 2 aromatic rings. The van der Waals surface area contributed by atoms with Gasteiger partial charge < -0.3 is 0 Å². The zero-order valence-corrected chi connectivity index (χ0v) is 15.5. The van der Waals surface area contributed by atoms with Crippen LogP contribution in [0.3, 0.4) is 0 Å². The van der Waals surface area contributed by atoms with Gasteiger partial charge in [-0.25, -0.2) is 0 Å². The second-order valence-electron chi connectivity index (χ2n) is 6.65. The molecule has 0 unspecified atom stereocenters. The van der Waals surface area contributed by atoms with E-state index < -0.39 is 0 Å². The standard InChI is InChI=1S/C21H20ClNOS/c22-17-11-9-16(10-12-17)15-19-20(24)23(18-7-3-1-4-8-18)21(25-19)13-5-2-6-14-21/h1,3-4,7-12,15H,2,5-6,13-14H2/b19-15+. The van der Waals surface area contributed by atoms with Crippen LogP contribution < -0.4 is 4.90 Å². The number of nitrogens with zero attached hydrogens (tertiary/aromatic N) is 1. The number of halogens is 1. The maximum atomic E-state index is 13.3. The van der Waals surface area contributed by atoms with Gasteiger partial charge in [0.1, 0.15) is 0 Å². The molecule has 128 valence electrons. The summed E-state index contributed by atoms with van der Waals surface area (Å²) in [5.41, 5.74) is 2.02. The molecule has 1 aliphatic carbocycles. The van der Waals surface area contributed by atoms with Gasteiger partial charge in [0, 0.05) is 10.7 Å². The third kappa shape index (κ3) is 3.23. The minimum absolute atomic E-state index is 0.119. The van der Waals surface area contributed by atoms with Gasteiger partial charge in [0.2, 0.25) is 0 Å². The quantitative estimate of drug-likeness (QED) is 0.594. The highest BCUT2D eigenvalue weighted by atomic mass is 35.5. The lowest BCUT2D eigenvalue weighted by atomic mass is 9.93. The van der Waals surface area contributed by atoms with Crippen molar-refractivity contribution in [2.75, 3.05) is 4.90 Å². The summed E-state index contributed by atoms with van der Waals surface area (Å²) in [4.78, 5) is 16.0. The molecular formula is C21H20ClNOS. The fourth-order valence-electron chi connectivity index (χ4n) is 3.75. The van der Waals surface area contributed by atoms with Gasteiger partial charge in [-0.3, -0.25) is 9.69 Å². The number of benzene rings is 2. The molecule has 0 aromatic heterocycles. The first-order valence-corrected chi connectivity index (χ1v) is 9.93. The van der Waals surface area contributed by atoms with Crippen LogP contribution in [0.15, 0.2) is 59.5 Å². The molecule has 1 saturated heterocycles. The summed E-state index contributed by atoms with van der Waals surface area (Å²) in [7, 11) is 0. The van der Waals surface area contributed by atoms with Crippen LogP contribution in [-0.2, 0) is 4.79 Å². The number of carbonyl (C=O) groups excluding carboxylic acids is 1. The number of rotatable bonds is 2. The first-order chi connectivity index (χ1) is 12.2. The van der Waals surface area contributed by atoms with Gasteiger partial charge in [-0.15, -0.1) is 0 Å². The van der Waals surface area contributed by atoms with E-state index >= 15 is 0 Å². The van der Waals surface area contributed by atoms with Gasteiger partial charge in [-0.2, -0.15) is 0 Å². The number of hydrogen-bond donors (Lipinski definition) is 0. The Labute approximate surface area is 157 Å². The van der Waals surface area contributed by atoms with Crippen LogP contribution in [0.1, 0.15) is 37.7 Å². The maximum Gasteiger partial charge on any atom is 0.265 e. The predicted molar refractivity (Wildman–Crippen MR) is 107 cm³/mol. The lowest BCUT2D eigenvalue weighted by molar-refractivity contribution is -0.114. The third-order valence-electron chi connectivity index (χ3n) is 4.94. The van der Waals surface area contributed by atoms with E-state index in [0.29, 0.717) is 5.02 Å². The number of hydrogen-bond acceptors (Lipinski definition) is 2. The zero-order chi connectivity index (χ0) is 17.3. The smallest absolute Gasteiger partial charge is 0.265 e. The molecule has 4 heteroatoms. The average molecular weight is 370 g/mol. The zero-order valence-electron chi connectivity index (χ0n) is 14.0. The molecule has 1 saturated carbocycles. The highest BCUT2D eigenvalue weighted by molar-refractivity contribution is 8.06. The lowest BCUT2D eigenvalue weighted by Crippen LogP contribution is -2.45. The van der Waals surface area contributed by atoms with Crippen LogP contribution >= 0.6 is 23.4 Å². The molecule has 0 bridgehead atoms. The Balaban J connectivity index is 1.74. The minimum Gasteiger partial charge on any atom is -0.292 e. The first kappa shape index (κ1) is 16.7. The molecule has 4 rings (SSSR count). The van der Waals surface area contributed by atoms with Crippen molar-refractivity contribution < 1.29 is 4.79 Å². The van der Waals surface area contributed by atoms with E-state index in [4.69, 9.17) is 11.6 Å². The average Bonchev–Trinajstić information content (AvgIpc) is 2.89. The monoisotopic (exact) mass is 369 g/mol. The van der Waals surface area contributed by atoms with Crippen molar-refractivity contribution in [1.29, 1.82) is 0 Å². The summed E-state index contributed by atoms with van der Waals surface area (Å²) < 4.78 is 0. The molecule has 2 nitrogen and oxygen atoms in total. The Kier molecular flexibility index (Phi) is 4.61. The molecule has 2 aromatic carbocycles. The van der Waals surface area contributed by atoms with Crippen molar-refractivity contribution in [3.05, 3.63) is 70.1 Å². The van der Waals surface area contributed by atoms with Crippen LogP contribution in [0, 0.1) is 0 Å². The molecule has 1 amide bonds. The number of carbonyl (C=O) groups is 1. The molecule has 1 heterocycles. The predicted octanol–water partition coefficient (Wildman–Crippen LogP) is 6.12. The fourth-order valence-corrected chi connectivity index (χ4v) is 5.43. The number of anilines is 1. The van der Waals surface area contributed by atoms with E-state index in [1.54, 1.807) is 11.8 Å². The second kappa shape index (κ2) is 6.89. The van der Waals surface area contributed by atoms with Crippen molar-refractivity contribution in [2.24, 2.45) is 0 Å². The normalized spacial score (nSPS) is 21.2. The Hall–Kier alpha value is -1.71. The molecule has 1 aliphatic heterocycles. The van der Waals surface area contributed by atoms with Crippen molar-refractivity contribution in [1.82, 2.24) is 0 Å². The summed E-state index contributed by atoms with van der Waals surface area (Å²) in [6.45, 7) is 0. The van der Waals surface area contributed by atoms with E-state index in [2.05, 4.69) is 0 Å². The number of para-hydroxylation sites is 1. The van der Waals surface area contributed by atoms with Gasteiger partial charge in [0.15, 0.2) is 0 Å². The Morgan fingerprint density at radius 2 is 1.64 bits per heavy atom. The summed E-state index contributed by atoms with van der Waals surface area (Å²) in [6.07, 6.45) is 7.72. The van der Waals surface area contributed by atoms with E-state index in [-0.39, 0.29) is 10.8 Å². The summed E-state index contributed by atoms with van der Waals surface area (Å²) in [5, 5.41) is 0.710. The first-order valence-electron chi connectivity index (χ1n) is 8.74. The molecule has 1 spiro atoms. The Morgan fingerprint density at radius 1 is 0.960 bits per heavy atom. The molecule has 2 aliphatic rings. The molecular weight excluding hydrogens is 350 g/mol. The van der Waals surface area contributed by atoms with Crippen LogP contribution in [0.4, 0.5) is 5.69 Å². The molecule has 25 heavy (non-hydrogen) atoms. The fraction of sp³-hybridized carbons (Fsp3) is 0.286. The third-order valence-corrected chi connectivity index (χ3v) is 6.67. The lowest BCUT2D eigenvalue weighted by Gasteiger charge is -2.40. The summed E-state index contributed by atoms with van der Waals surface area (Å²) in [6, 6.07) is 17.7. The van der Waals surface area contributed by atoms with E-state index in [1.807, 2.05) is 65.6 Å². The van der Waals surface area contributed by atoms with E-state index in [1.165, 1.54) is 19.3 Å². The number of amides is 1. The SMILES string of the molecule is O=C1/C(=C\c2ccc(Cl)cc2)SC2(CCCCC2)N1c1ccccc1. The minimum atomic E-state index is -0.130. The van der Waals surface area contributed by atoms with E-state index in [9.17, 15) is 4.79 Å². The topological polar surface area (TPSA) is 20.3 Å². The molecule has 0 N–H and O–H groups in total. The summed E-state index contributed by atoms with van der Waals surface area (Å²) in [5.74, 6) is 0.119. The van der Waals surface area contributed by atoms with Crippen LogP contribution in [-0.4, -0.2) is 10.8 Å². The molecule has 2 fully saturated rings. The van der Waals surface area contributed by atoms with Gasteiger partial charge >= 0.3 is 0 Å². The van der Waals surface area contributed by atoms with Gasteiger partial charge in [0.25, 0.3) is 5.91 Å². The number of thioether (sulfide) groups is 1. The van der Waals surface area contributed by atoms with E-state index in [0.717, 1.165) is 29.0 Å². The van der Waals surface area contributed by atoms with Crippen molar-refractivity contribution >= 4 is 41.0 Å². The maximum absolute atomic E-state index is 13.3. The van der Waals surface area contributed by atoms with Gasteiger partial charge in [-0.05, 0) is 48.7 Å². The largest absolute Gasteiger partial charge is 0.292 e. The van der Waals surface area contributed by atoms with Crippen molar-refractivity contribution in [3.8, 4) is 0 Å². The van der Waals surface area contributed by atoms with Gasteiger partial charge in [0.05, 0.1) is 9.78 Å². The van der Waals surface area contributed by atoms with Crippen LogP contribution in [0.25, 0.3) is 6.08 Å². The second-order valence-corrected chi connectivity index (χ2v) is 8.49. The molecule has 0 atom stereocenters. The molecule has 0 radical (unpaired) electrons. The van der Waals surface area contributed by atoms with Crippen LogP contribution in [0.5, 0.6) is 0 Å². The summed E-state index contributed by atoms with van der Waals surface area (Å²) >= 11 is 7.72. The highest BCUT2D eigenvalue weighted by Crippen LogP contribution is 2.53. The highest BCUT2D eigenvalue weighted by Gasteiger charge is 2.50.